The molecule has 2 aromatic carbocycles. The summed E-state index contributed by atoms with van der Waals surface area (Å²) in [5.41, 5.74) is 2.38. The Balaban J connectivity index is 1.75. The lowest BCUT2D eigenvalue weighted by Crippen LogP contribution is -2.25. The van der Waals surface area contributed by atoms with E-state index >= 15 is 0 Å². The van der Waals surface area contributed by atoms with Gasteiger partial charge in [-0.25, -0.2) is 4.98 Å². The Morgan fingerprint density at radius 3 is 2.75 bits per heavy atom. The highest BCUT2D eigenvalue weighted by molar-refractivity contribution is 7.22. The number of furan rings is 1. The van der Waals surface area contributed by atoms with Crippen molar-refractivity contribution in [2.24, 2.45) is 5.10 Å². The lowest BCUT2D eigenvalue weighted by molar-refractivity contribution is 0.0988. The third-order valence-electron chi connectivity index (χ3n) is 4.10. The normalized spacial score (nSPS) is 11.2. The number of ether oxygens (including phenoxy) is 1. The van der Waals surface area contributed by atoms with Crippen LogP contribution in [-0.4, -0.2) is 24.2 Å². The first-order valence-corrected chi connectivity index (χ1v) is 9.39. The Bertz CT molecular complexity index is 1130. The van der Waals surface area contributed by atoms with Crippen molar-refractivity contribution in [1.82, 2.24) is 4.98 Å². The van der Waals surface area contributed by atoms with E-state index in [1.807, 2.05) is 37.3 Å². The molecule has 0 bridgehead atoms. The number of hydrazone groups is 1. The van der Waals surface area contributed by atoms with Gasteiger partial charge >= 0.3 is 0 Å². The molecule has 2 aromatic heterocycles. The van der Waals surface area contributed by atoms with Crippen LogP contribution in [0.3, 0.4) is 0 Å². The number of thiazole rings is 1. The van der Waals surface area contributed by atoms with Gasteiger partial charge in [0.15, 0.2) is 0 Å². The molecule has 0 radical (unpaired) electrons. The van der Waals surface area contributed by atoms with Crippen LogP contribution >= 0.6 is 11.3 Å². The number of aromatic nitrogens is 1. The van der Waals surface area contributed by atoms with Gasteiger partial charge in [-0.1, -0.05) is 29.0 Å². The minimum absolute atomic E-state index is 0.270. The standard InChI is InChI=1S/C21H17N3O3S/c1-14-5-7-15(8-6-14)20(25)24(22-13-17-4-3-11-27-17)21-23-18-10-9-16(26-2)12-19(18)28-21/h3-13H,1-2H3/b22-13-. The van der Waals surface area contributed by atoms with E-state index in [2.05, 4.69) is 10.1 Å². The predicted octanol–water partition coefficient (Wildman–Crippen LogP) is 4.89. The van der Waals surface area contributed by atoms with Crippen molar-refractivity contribution >= 4 is 38.8 Å². The van der Waals surface area contributed by atoms with Crippen molar-refractivity contribution < 1.29 is 13.9 Å². The fourth-order valence-electron chi connectivity index (χ4n) is 2.60. The van der Waals surface area contributed by atoms with Gasteiger partial charge in [0.25, 0.3) is 5.91 Å². The largest absolute Gasteiger partial charge is 0.497 e. The van der Waals surface area contributed by atoms with E-state index in [4.69, 9.17) is 9.15 Å². The summed E-state index contributed by atoms with van der Waals surface area (Å²) in [4.78, 5) is 17.7. The van der Waals surface area contributed by atoms with Crippen molar-refractivity contribution in [3.8, 4) is 5.75 Å². The molecular weight excluding hydrogens is 374 g/mol. The van der Waals surface area contributed by atoms with Gasteiger partial charge in [-0.2, -0.15) is 10.1 Å². The van der Waals surface area contributed by atoms with E-state index in [0.29, 0.717) is 16.5 Å². The molecule has 140 valence electrons. The lowest BCUT2D eigenvalue weighted by atomic mass is 10.1. The topological polar surface area (TPSA) is 67.9 Å². The number of aryl methyl sites for hydroxylation is 1. The average Bonchev–Trinajstić information content (AvgIpc) is 3.37. The molecule has 0 atom stereocenters. The monoisotopic (exact) mass is 391 g/mol. The molecule has 4 aromatic rings. The van der Waals surface area contributed by atoms with Crippen LogP contribution in [0, 0.1) is 6.92 Å². The van der Waals surface area contributed by atoms with Crippen LogP contribution in [0.4, 0.5) is 5.13 Å². The van der Waals surface area contributed by atoms with E-state index in [1.165, 1.54) is 22.6 Å². The highest BCUT2D eigenvalue weighted by Crippen LogP contribution is 2.32. The van der Waals surface area contributed by atoms with Gasteiger partial charge in [0.2, 0.25) is 5.13 Å². The van der Waals surface area contributed by atoms with Gasteiger partial charge in [-0.05, 0) is 49.4 Å². The van der Waals surface area contributed by atoms with Crippen LogP contribution in [0.5, 0.6) is 5.75 Å². The number of amides is 1. The summed E-state index contributed by atoms with van der Waals surface area (Å²) in [6.45, 7) is 1.97. The number of rotatable bonds is 5. The van der Waals surface area contributed by atoms with Gasteiger partial charge in [0.1, 0.15) is 11.5 Å². The Morgan fingerprint density at radius 1 is 1.21 bits per heavy atom. The highest BCUT2D eigenvalue weighted by atomic mass is 32.1. The van der Waals surface area contributed by atoms with E-state index in [9.17, 15) is 4.79 Å². The third-order valence-corrected chi connectivity index (χ3v) is 5.09. The van der Waals surface area contributed by atoms with E-state index < -0.39 is 0 Å². The fraction of sp³-hybridized carbons (Fsp3) is 0.0952. The number of methoxy groups -OCH3 is 1. The average molecular weight is 391 g/mol. The van der Waals surface area contributed by atoms with Gasteiger partial charge in [-0.15, -0.1) is 0 Å². The molecule has 0 spiro atoms. The molecule has 2 heterocycles. The number of carbonyl (C=O) groups excluding carboxylic acids is 1. The maximum Gasteiger partial charge on any atom is 0.280 e. The van der Waals surface area contributed by atoms with Crippen molar-refractivity contribution in [2.45, 2.75) is 6.92 Å². The summed E-state index contributed by atoms with van der Waals surface area (Å²) in [5.74, 6) is 1.01. The summed E-state index contributed by atoms with van der Waals surface area (Å²) in [7, 11) is 1.62. The van der Waals surface area contributed by atoms with Crippen molar-refractivity contribution in [3.05, 3.63) is 77.7 Å². The second-order valence-electron chi connectivity index (χ2n) is 6.07. The zero-order valence-electron chi connectivity index (χ0n) is 15.3. The number of hydrogen-bond donors (Lipinski definition) is 0. The number of nitrogens with zero attached hydrogens (tertiary/aromatic N) is 3. The Labute approximate surface area is 165 Å². The molecule has 0 aliphatic carbocycles. The first-order valence-electron chi connectivity index (χ1n) is 8.57. The van der Waals surface area contributed by atoms with E-state index in [1.54, 1.807) is 37.6 Å². The first-order chi connectivity index (χ1) is 13.6. The molecule has 0 fully saturated rings. The highest BCUT2D eigenvalue weighted by Gasteiger charge is 2.21. The van der Waals surface area contributed by atoms with Gasteiger partial charge < -0.3 is 9.15 Å². The van der Waals surface area contributed by atoms with Crippen molar-refractivity contribution in [1.29, 1.82) is 0 Å². The second kappa shape index (κ2) is 7.66. The number of carbonyl (C=O) groups is 1. The summed E-state index contributed by atoms with van der Waals surface area (Å²) in [6.07, 6.45) is 3.05. The predicted molar refractivity (Wildman–Crippen MR) is 110 cm³/mol. The first kappa shape index (κ1) is 17.9. The second-order valence-corrected chi connectivity index (χ2v) is 7.08. The van der Waals surface area contributed by atoms with Crippen LogP contribution in [0.25, 0.3) is 10.2 Å². The van der Waals surface area contributed by atoms with Crippen LogP contribution in [0.15, 0.2) is 70.4 Å². The number of fused-ring (bicyclic) bond motifs is 1. The number of anilines is 1. The van der Waals surface area contributed by atoms with Crippen LogP contribution in [0.1, 0.15) is 21.7 Å². The van der Waals surface area contributed by atoms with Crippen LogP contribution in [-0.2, 0) is 0 Å². The molecule has 0 aliphatic rings. The number of benzene rings is 2. The summed E-state index contributed by atoms with van der Waals surface area (Å²) in [5, 5.41) is 6.12. The smallest absolute Gasteiger partial charge is 0.280 e. The molecule has 1 amide bonds. The molecule has 0 aliphatic heterocycles. The molecule has 0 saturated heterocycles. The maximum atomic E-state index is 13.1. The van der Waals surface area contributed by atoms with Crippen LogP contribution in [0.2, 0.25) is 0 Å². The minimum atomic E-state index is -0.270. The molecule has 28 heavy (non-hydrogen) atoms. The Kier molecular flexibility index (Phi) is 4.90. The van der Waals surface area contributed by atoms with Gasteiger partial charge in [-0.3, -0.25) is 4.79 Å². The maximum absolute atomic E-state index is 13.1. The fourth-order valence-corrected chi connectivity index (χ4v) is 3.55. The van der Waals surface area contributed by atoms with E-state index in [0.717, 1.165) is 21.5 Å². The molecule has 0 unspecified atom stereocenters. The van der Waals surface area contributed by atoms with Crippen molar-refractivity contribution in [2.75, 3.05) is 12.1 Å². The molecule has 4 rings (SSSR count). The molecule has 0 N–H and O–H groups in total. The third kappa shape index (κ3) is 3.65. The van der Waals surface area contributed by atoms with Crippen LogP contribution < -0.4 is 9.75 Å². The Morgan fingerprint density at radius 2 is 2.04 bits per heavy atom. The molecule has 7 heteroatoms. The zero-order chi connectivity index (χ0) is 19.5. The molecule has 0 saturated carbocycles. The zero-order valence-corrected chi connectivity index (χ0v) is 16.1. The Hall–Kier alpha value is -3.45. The van der Waals surface area contributed by atoms with Crippen molar-refractivity contribution in [3.63, 3.8) is 0 Å². The van der Waals surface area contributed by atoms with Gasteiger partial charge in [0.05, 0.1) is 29.8 Å². The quantitative estimate of drug-likeness (QED) is 0.359. The molecule has 6 nitrogen and oxygen atoms in total. The summed E-state index contributed by atoms with van der Waals surface area (Å²) < 4.78 is 11.5. The lowest BCUT2D eigenvalue weighted by Gasteiger charge is -2.13. The summed E-state index contributed by atoms with van der Waals surface area (Å²) in [6, 6.07) is 16.5. The van der Waals surface area contributed by atoms with Gasteiger partial charge in [0, 0.05) is 5.56 Å². The number of hydrogen-bond acceptors (Lipinski definition) is 6. The molecular formula is C21H17N3O3S. The van der Waals surface area contributed by atoms with E-state index in [-0.39, 0.29) is 5.91 Å². The minimum Gasteiger partial charge on any atom is -0.497 e. The SMILES string of the molecule is COc1ccc2nc(N(/N=C\c3ccco3)C(=O)c3ccc(C)cc3)sc2c1. The summed E-state index contributed by atoms with van der Waals surface area (Å²) >= 11 is 1.37.